The molecule has 1 aromatic heterocycles. The van der Waals surface area contributed by atoms with Gasteiger partial charge in [0.15, 0.2) is 0 Å². The summed E-state index contributed by atoms with van der Waals surface area (Å²) in [5, 5.41) is 0. The van der Waals surface area contributed by atoms with Crippen molar-refractivity contribution in [2.45, 2.75) is 26.8 Å². The van der Waals surface area contributed by atoms with Crippen molar-refractivity contribution in [2.75, 3.05) is 5.43 Å². The van der Waals surface area contributed by atoms with Crippen LogP contribution in [0.2, 0.25) is 0 Å². The Labute approximate surface area is 101 Å². The van der Waals surface area contributed by atoms with E-state index in [9.17, 15) is 4.39 Å². The Morgan fingerprint density at radius 1 is 1.06 bits per heavy atom. The van der Waals surface area contributed by atoms with Gasteiger partial charge in [0, 0.05) is 17.0 Å². The second kappa shape index (κ2) is 4.62. The Morgan fingerprint density at radius 2 is 1.65 bits per heavy atom. The molecule has 0 fully saturated rings. The molecule has 2 rings (SSSR count). The Morgan fingerprint density at radius 3 is 2.24 bits per heavy atom. The summed E-state index contributed by atoms with van der Waals surface area (Å²) in [4.78, 5) is 0. The van der Waals surface area contributed by atoms with Gasteiger partial charge in [0.1, 0.15) is 5.82 Å². The molecule has 2 aromatic rings. The monoisotopic (exact) mass is 232 g/mol. The third-order valence-electron chi connectivity index (χ3n) is 2.97. The number of benzene rings is 1. The number of nitrogens with zero attached hydrogens (tertiary/aromatic N) is 1. The van der Waals surface area contributed by atoms with Gasteiger partial charge in [-0.3, -0.25) is 4.68 Å². The van der Waals surface area contributed by atoms with Gasteiger partial charge in [-0.15, -0.1) is 0 Å². The molecule has 0 aliphatic heterocycles. The molecule has 0 spiro atoms. The largest absolute Gasteiger partial charge is 0.319 e. The molecule has 1 atom stereocenters. The molecule has 1 aromatic carbocycles. The smallest absolute Gasteiger partial charge is 0.128 e. The molecular weight excluding hydrogens is 215 g/mol. The molecule has 2 nitrogen and oxygen atoms in total. The molecule has 0 aliphatic rings. The zero-order valence-corrected chi connectivity index (χ0v) is 10.4. The fraction of sp³-hybridized carbons (Fsp3) is 0.286. The molecule has 0 bridgehead atoms. The Bertz CT molecular complexity index is 497. The average molecular weight is 232 g/mol. The summed E-state index contributed by atoms with van der Waals surface area (Å²) in [7, 11) is 0. The van der Waals surface area contributed by atoms with E-state index >= 15 is 0 Å². The zero-order chi connectivity index (χ0) is 12.4. The van der Waals surface area contributed by atoms with Gasteiger partial charge in [0.25, 0.3) is 0 Å². The van der Waals surface area contributed by atoms with E-state index in [2.05, 4.69) is 5.43 Å². The summed E-state index contributed by atoms with van der Waals surface area (Å²) < 4.78 is 15.6. The second-order valence-electron chi connectivity index (χ2n) is 4.32. The molecule has 0 saturated carbocycles. The van der Waals surface area contributed by atoms with Gasteiger partial charge in [-0.25, -0.2) is 4.39 Å². The molecule has 1 heterocycles. The molecule has 90 valence electrons. The van der Waals surface area contributed by atoms with E-state index in [4.69, 9.17) is 0 Å². The first kappa shape index (κ1) is 11.7. The van der Waals surface area contributed by atoms with Gasteiger partial charge in [-0.1, -0.05) is 18.2 Å². The summed E-state index contributed by atoms with van der Waals surface area (Å²) >= 11 is 0. The summed E-state index contributed by atoms with van der Waals surface area (Å²) in [6, 6.07) is 10.9. The number of aryl methyl sites for hydroxylation is 2. The van der Waals surface area contributed by atoms with E-state index in [0.29, 0.717) is 5.56 Å². The Kier molecular flexibility index (Phi) is 3.18. The van der Waals surface area contributed by atoms with Crippen molar-refractivity contribution < 1.29 is 4.39 Å². The number of nitrogens with one attached hydrogen (secondary N) is 1. The first-order valence-corrected chi connectivity index (χ1v) is 5.75. The molecule has 3 heteroatoms. The van der Waals surface area contributed by atoms with Crippen LogP contribution in [-0.4, -0.2) is 4.68 Å². The van der Waals surface area contributed by atoms with E-state index < -0.39 is 0 Å². The fourth-order valence-electron chi connectivity index (χ4n) is 1.96. The molecule has 0 aliphatic carbocycles. The van der Waals surface area contributed by atoms with E-state index in [1.54, 1.807) is 12.1 Å². The van der Waals surface area contributed by atoms with Gasteiger partial charge in [0.05, 0.1) is 6.04 Å². The summed E-state index contributed by atoms with van der Waals surface area (Å²) in [5.74, 6) is -0.171. The van der Waals surface area contributed by atoms with Gasteiger partial charge in [0.2, 0.25) is 0 Å². The Balaban J connectivity index is 2.23. The minimum atomic E-state index is -0.171. The van der Waals surface area contributed by atoms with Crippen LogP contribution in [0.15, 0.2) is 36.4 Å². The lowest BCUT2D eigenvalue weighted by Gasteiger charge is -2.20. The Hall–Kier alpha value is -1.77. The van der Waals surface area contributed by atoms with Crippen LogP contribution < -0.4 is 5.43 Å². The van der Waals surface area contributed by atoms with Crippen molar-refractivity contribution in [2.24, 2.45) is 0 Å². The minimum Gasteiger partial charge on any atom is -0.319 e. The van der Waals surface area contributed by atoms with E-state index in [-0.39, 0.29) is 11.9 Å². The second-order valence-corrected chi connectivity index (χ2v) is 4.32. The van der Waals surface area contributed by atoms with Crippen LogP contribution in [0.1, 0.15) is 29.9 Å². The molecule has 1 N–H and O–H groups in total. The predicted octanol–water partition coefficient (Wildman–Crippen LogP) is 3.55. The third kappa shape index (κ3) is 2.33. The predicted molar refractivity (Wildman–Crippen MR) is 68.1 cm³/mol. The number of hydrogen-bond acceptors (Lipinski definition) is 1. The molecule has 0 radical (unpaired) electrons. The first-order valence-electron chi connectivity index (χ1n) is 5.75. The highest BCUT2D eigenvalue weighted by Crippen LogP contribution is 2.18. The van der Waals surface area contributed by atoms with Crippen LogP contribution in [0.25, 0.3) is 0 Å². The SMILES string of the molecule is Cc1ccc(C)n1NC(C)c1ccccc1F. The molecule has 0 amide bonds. The molecular formula is C14H17FN2. The van der Waals surface area contributed by atoms with Crippen LogP contribution >= 0.6 is 0 Å². The topological polar surface area (TPSA) is 17.0 Å². The van der Waals surface area contributed by atoms with Crippen molar-refractivity contribution in [1.82, 2.24) is 4.68 Å². The van der Waals surface area contributed by atoms with E-state index in [1.165, 1.54) is 6.07 Å². The quantitative estimate of drug-likeness (QED) is 0.856. The highest BCUT2D eigenvalue weighted by molar-refractivity contribution is 5.24. The molecule has 1 unspecified atom stereocenters. The highest BCUT2D eigenvalue weighted by Gasteiger charge is 2.11. The number of hydrogen-bond donors (Lipinski definition) is 1. The maximum Gasteiger partial charge on any atom is 0.128 e. The summed E-state index contributed by atoms with van der Waals surface area (Å²) in [6.07, 6.45) is 0. The summed E-state index contributed by atoms with van der Waals surface area (Å²) in [5.41, 5.74) is 6.21. The first-order chi connectivity index (χ1) is 8.09. The minimum absolute atomic E-state index is 0.0685. The number of aromatic nitrogens is 1. The normalized spacial score (nSPS) is 12.5. The van der Waals surface area contributed by atoms with Crippen LogP contribution in [0.3, 0.4) is 0 Å². The lowest BCUT2D eigenvalue weighted by atomic mass is 10.1. The summed E-state index contributed by atoms with van der Waals surface area (Å²) in [6.45, 7) is 6.00. The van der Waals surface area contributed by atoms with Crippen molar-refractivity contribution in [1.29, 1.82) is 0 Å². The van der Waals surface area contributed by atoms with Crippen molar-refractivity contribution in [3.63, 3.8) is 0 Å². The lowest BCUT2D eigenvalue weighted by molar-refractivity contribution is 0.585. The van der Waals surface area contributed by atoms with Crippen molar-refractivity contribution >= 4 is 0 Å². The van der Waals surface area contributed by atoms with Gasteiger partial charge >= 0.3 is 0 Å². The lowest BCUT2D eigenvalue weighted by Crippen LogP contribution is -2.21. The zero-order valence-electron chi connectivity index (χ0n) is 10.4. The van der Waals surface area contributed by atoms with Crippen LogP contribution in [0.5, 0.6) is 0 Å². The van der Waals surface area contributed by atoms with Gasteiger partial charge in [-0.05, 0) is 39.0 Å². The standard InChI is InChI=1S/C14H17FN2/c1-10-8-9-11(2)17(10)16-12(3)13-6-4-5-7-14(13)15/h4-9,12,16H,1-3H3. The van der Waals surface area contributed by atoms with Crippen molar-refractivity contribution in [3.05, 3.63) is 59.2 Å². The highest BCUT2D eigenvalue weighted by atomic mass is 19.1. The van der Waals surface area contributed by atoms with Crippen molar-refractivity contribution in [3.8, 4) is 0 Å². The van der Waals surface area contributed by atoms with E-state index in [1.807, 2.05) is 43.6 Å². The molecule has 0 saturated heterocycles. The fourth-order valence-corrected chi connectivity index (χ4v) is 1.96. The number of halogens is 1. The van der Waals surface area contributed by atoms with Crippen LogP contribution in [0, 0.1) is 19.7 Å². The average Bonchev–Trinajstić information content (AvgIpc) is 2.61. The maximum atomic E-state index is 13.6. The third-order valence-corrected chi connectivity index (χ3v) is 2.97. The van der Waals surface area contributed by atoms with E-state index in [0.717, 1.165) is 11.4 Å². The molecule has 17 heavy (non-hydrogen) atoms. The van der Waals surface area contributed by atoms with Crippen LogP contribution in [0.4, 0.5) is 4.39 Å². The maximum absolute atomic E-state index is 13.6. The van der Waals surface area contributed by atoms with Gasteiger partial charge < -0.3 is 5.43 Å². The number of rotatable bonds is 3. The van der Waals surface area contributed by atoms with Crippen LogP contribution in [-0.2, 0) is 0 Å². The van der Waals surface area contributed by atoms with Gasteiger partial charge in [-0.2, -0.15) is 0 Å².